The number of hydrogen-bond acceptors (Lipinski definition) is 2. The fourth-order valence-corrected chi connectivity index (χ4v) is 3.15. The molecule has 0 aliphatic heterocycles. The summed E-state index contributed by atoms with van der Waals surface area (Å²) < 4.78 is 38.5. The van der Waals surface area contributed by atoms with Crippen LogP contribution in [-0.4, -0.2) is 37.5 Å². The Morgan fingerprint density at radius 1 is 1.30 bits per heavy atom. The number of carbonyl (C=O) groups excluding carboxylic acids is 1. The number of amides is 1. The highest BCUT2D eigenvalue weighted by atomic mass is 19.4. The molecule has 1 amide bonds. The number of carbonyl (C=O) groups is 1. The molecule has 2 rings (SSSR count). The second-order valence-corrected chi connectivity index (χ2v) is 6.49. The van der Waals surface area contributed by atoms with Crippen LogP contribution >= 0.6 is 0 Å². The van der Waals surface area contributed by atoms with E-state index in [1.165, 1.54) is 12.1 Å². The molecular formula is C17H23F3N2O. The van der Waals surface area contributed by atoms with Gasteiger partial charge in [-0.1, -0.05) is 24.6 Å². The number of likely N-dealkylation sites (N-methyl/N-ethyl adjacent to an activating group) is 1. The fourth-order valence-electron chi connectivity index (χ4n) is 3.15. The quantitative estimate of drug-likeness (QED) is 0.919. The van der Waals surface area contributed by atoms with E-state index in [0.717, 1.165) is 25.3 Å². The van der Waals surface area contributed by atoms with E-state index in [-0.39, 0.29) is 17.9 Å². The van der Waals surface area contributed by atoms with Crippen molar-refractivity contribution in [1.29, 1.82) is 0 Å². The van der Waals surface area contributed by atoms with Gasteiger partial charge in [0.25, 0.3) is 0 Å². The molecular weight excluding hydrogens is 305 g/mol. The lowest BCUT2D eigenvalue weighted by atomic mass is 9.81. The first kappa shape index (κ1) is 17.8. The summed E-state index contributed by atoms with van der Waals surface area (Å²) in [5.41, 5.74) is 0.111. The maximum atomic E-state index is 12.8. The smallest absolute Gasteiger partial charge is 0.352 e. The topological polar surface area (TPSA) is 32.3 Å². The number of nitrogens with zero attached hydrogens (tertiary/aromatic N) is 1. The van der Waals surface area contributed by atoms with Crippen molar-refractivity contribution in [2.75, 3.05) is 20.6 Å². The number of halogens is 3. The van der Waals surface area contributed by atoms with Gasteiger partial charge in [-0.15, -0.1) is 0 Å². The molecule has 1 fully saturated rings. The van der Waals surface area contributed by atoms with Crippen LogP contribution in [0.3, 0.4) is 0 Å². The molecule has 1 saturated carbocycles. The zero-order valence-corrected chi connectivity index (χ0v) is 13.5. The number of rotatable bonds is 4. The van der Waals surface area contributed by atoms with Crippen molar-refractivity contribution < 1.29 is 18.0 Å². The summed E-state index contributed by atoms with van der Waals surface area (Å²) in [6, 6.07) is 5.60. The number of hydrogen-bond donors (Lipinski definition) is 1. The Kier molecular flexibility index (Phi) is 5.68. The summed E-state index contributed by atoms with van der Waals surface area (Å²) in [5.74, 6) is 0.0281. The molecule has 1 aliphatic rings. The largest absolute Gasteiger partial charge is 0.416 e. The van der Waals surface area contributed by atoms with Crippen molar-refractivity contribution in [3.63, 3.8) is 0 Å². The van der Waals surface area contributed by atoms with E-state index >= 15 is 0 Å². The van der Waals surface area contributed by atoms with Gasteiger partial charge in [-0.25, -0.2) is 0 Å². The Hall–Kier alpha value is -1.56. The van der Waals surface area contributed by atoms with Crippen LogP contribution in [0.5, 0.6) is 0 Å². The lowest BCUT2D eigenvalue weighted by molar-refractivity contribution is -0.137. The Morgan fingerprint density at radius 2 is 2.04 bits per heavy atom. The molecule has 0 heterocycles. The van der Waals surface area contributed by atoms with Crippen molar-refractivity contribution >= 4 is 5.91 Å². The van der Waals surface area contributed by atoms with Gasteiger partial charge in [0.1, 0.15) is 0 Å². The second-order valence-electron chi connectivity index (χ2n) is 6.49. The number of benzene rings is 1. The van der Waals surface area contributed by atoms with Crippen LogP contribution in [0.25, 0.3) is 0 Å². The van der Waals surface area contributed by atoms with Crippen molar-refractivity contribution in [2.45, 2.75) is 43.8 Å². The van der Waals surface area contributed by atoms with Gasteiger partial charge in [0.15, 0.2) is 0 Å². The molecule has 3 nitrogen and oxygen atoms in total. The first-order chi connectivity index (χ1) is 10.8. The summed E-state index contributed by atoms with van der Waals surface area (Å²) in [4.78, 5) is 13.6. The average Bonchev–Trinajstić information content (AvgIpc) is 2.46. The van der Waals surface area contributed by atoms with Crippen LogP contribution in [-0.2, 0) is 11.0 Å². The van der Waals surface area contributed by atoms with Gasteiger partial charge in [-0.05, 0) is 50.9 Å². The van der Waals surface area contributed by atoms with Gasteiger partial charge < -0.3 is 10.2 Å². The Morgan fingerprint density at radius 3 is 2.70 bits per heavy atom. The van der Waals surface area contributed by atoms with Crippen LogP contribution in [0.1, 0.15) is 42.7 Å². The standard InChI is InChI=1S/C17H23F3N2O/c1-22(2)11-16(23)21-15-8-4-6-13(10-15)12-5-3-7-14(9-12)17(18,19)20/h3,5,7,9,13,15H,4,6,8,10-11H2,1-2H3,(H,21,23)/t13-,15?/m0/s1. The minimum atomic E-state index is -4.32. The third-order valence-electron chi connectivity index (χ3n) is 4.18. The Labute approximate surface area is 134 Å². The monoisotopic (exact) mass is 328 g/mol. The van der Waals surface area contributed by atoms with Crippen LogP contribution < -0.4 is 5.32 Å². The molecule has 1 aliphatic carbocycles. The minimum absolute atomic E-state index is 0.0373. The van der Waals surface area contributed by atoms with Gasteiger partial charge in [-0.2, -0.15) is 13.2 Å². The third kappa shape index (κ3) is 5.23. The zero-order valence-electron chi connectivity index (χ0n) is 13.5. The van der Waals surface area contributed by atoms with Gasteiger partial charge in [0.05, 0.1) is 12.1 Å². The average molecular weight is 328 g/mol. The number of alkyl halides is 3. The third-order valence-corrected chi connectivity index (χ3v) is 4.18. The van der Waals surface area contributed by atoms with E-state index in [4.69, 9.17) is 0 Å². The molecule has 6 heteroatoms. The summed E-state index contributed by atoms with van der Waals surface area (Å²) in [7, 11) is 3.65. The zero-order chi connectivity index (χ0) is 17.0. The first-order valence-corrected chi connectivity index (χ1v) is 7.87. The highest BCUT2D eigenvalue weighted by Crippen LogP contribution is 2.36. The molecule has 0 spiro atoms. The van der Waals surface area contributed by atoms with E-state index < -0.39 is 11.7 Å². The molecule has 128 valence electrons. The van der Waals surface area contributed by atoms with Crippen molar-refractivity contribution in [2.24, 2.45) is 0 Å². The predicted molar refractivity (Wildman–Crippen MR) is 83.1 cm³/mol. The van der Waals surface area contributed by atoms with Gasteiger partial charge in [-0.3, -0.25) is 4.79 Å². The molecule has 1 aromatic carbocycles. The van der Waals surface area contributed by atoms with Gasteiger partial charge in [0.2, 0.25) is 5.91 Å². The molecule has 0 saturated heterocycles. The van der Waals surface area contributed by atoms with E-state index in [9.17, 15) is 18.0 Å². The highest BCUT2D eigenvalue weighted by molar-refractivity contribution is 5.78. The van der Waals surface area contributed by atoms with Crippen molar-refractivity contribution in [3.8, 4) is 0 Å². The maximum absolute atomic E-state index is 12.8. The maximum Gasteiger partial charge on any atom is 0.416 e. The van der Waals surface area contributed by atoms with Crippen LogP contribution in [0.15, 0.2) is 24.3 Å². The lowest BCUT2D eigenvalue weighted by Gasteiger charge is -2.30. The second kappa shape index (κ2) is 7.34. The molecule has 1 N–H and O–H groups in total. The number of nitrogens with one attached hydrogen (secondary N) is 1. The van der Waals surface area contributed by atoms with Crippen molar-refractivity contribution in [3.05, 3.63) is 35.4 Å². The Bertz CT molecular complexity index is 543. The summed E-state index contributed by atoms with van der Waals surface area (Å²) >= 11 is 0. The van der Waals surface area contributed by atoms with Gasteiger partial charge in [0, 0.05) is 6.04 Å². The van der Waals surface area contributed by atoms with Gasteiger partial charge >= 0.3 is 6.18 Å². The highest BCUT2D eigenvalue weighted by Gasteiger charge is 2.32. The molecule has 0 radical (unpaired) electrons. The van der Waals surface area contributed by atoms with Crippen molar-refractivity contribution in [1.82, 2.24) is 10.2 Å². The first-order valence-electron chi connectivity index (χ1n) is 7.87. The van der Waals surface area contributed by atoms with E-state index in [2.05, 4.69) is 5.32 Å². The minimum Gasteiger partial charge on any atom is -0.352 e. The molecule has 2 atom stereocenters. The summed E-state index contributed by atoms with van der Waals surface area (Å²) in [6.07, 6.45) is -0.964. The van der Waals surface area contributed by atoms with Crippen LogP contribution in [0.2, 0.25) is 0 Å². The molecule has 23 heavy (non-hydrogen) atoms. The summed E-state index contributed by atoms with van der Waals surface area (Å²) in [5, 5.41) is 2.99. The predicted octanol–water partition coefficient (Wildman–Crippen LogP) is 3.41. The SMILES string of the molecule is CN(C)CC(=O)NC1CCC[C@H](c2cccc(C(F)(F)F)c2)C1. The van der Waals surface area contributed by atoms with E-state index in [1.54, 1.807) is 11.0 Å². The molecule has 0 bridgehead atoms. The Balaban J connectivity index is 2.02. The fraction of sp³-hybridized carbons (Fsp3) is 0.588. The van der Waals surface area contributed by atoms with Crippen LogP contribution in [0.4, 0.5) is 13.2 Å². The molecule has 1 unspecified atom stereocenters. The normalized spacial score (nSPS) is 22.2. The lowest BCUT2D eigenvalue weighted by Crippen LogP contribution is -2.42. The van der Waals surface area contributed by atoms with Crippen LogP contribution in [0, 0.1) is 0 Å². The summed E-state index contributed by atoms with van der Waals surface area (Å²) in [6.45, 7) is 0.324. The molecule has 1 aromatic rings. The van der Waals surface area contributed by atoms with E-state index in [1.807, 2.05) is 14.1 Å². The molecule has 0 aromatic heterocycles. The van der Waals surface area contributed by atoms with E-state index in [0.29, 0.717) is 18.5 Å².